The van der Waals surface area contributed by atoms with Gasteiger partial charge in [-0.05, 0) is 48.0 Å². The molecule has 0 spiro atoms. The van der Waals surface area contributed by atoms with Crippen molar-refractivity contribution in [2.24, 2.45) is 0 Å². The topological polar surface area (TPSA) is 53.0 Å². The van der Waals surface area contributed by atoms with Crippen LogP contribution in [0.2, 0.25) is 0 Å². The van der Waals surface area contributed by atoms with Crippen LogP contribution in [0.1, 0.15) is 11.1 Å². The second-order valence-corrected chi connectivity index (χ2v) is 4.36. The molecule has 2 rings (SSSR count). The first-order valence-electron chi connectivity index (χ1n) is 5.85. The summed E-state index contributed by atoms with van der Waals surface area (Å²) in [4.78, 5) is 1.95. The highest BCUT2D eigenvalue weighted by molar-refractivity contribution is 5.53. The highest BCUT2D eigenvalue weighted by atomic mass is 19.1. The Labute approximate surface area is 111 Å². The summed E-state index contributed by atoms with van der Waals surface area (Å²) in [5.41, 5.74) is 8.70. The summed E-state index contributed by atoms with van der Waals surface area (Å²) < 4.78 is 13.2. The number of nitriles is 1. The van der Waals surface area contributed by atoms with E-state index >= 15 is 0 Å². The SMILES string of the molecule is CN(Cc1cc(F)ccc1N)c1ccc(C#N)cc1. The molecular formula is C15H14FN3. The van der Waals surface area contributed by atoms with Gasteiger partial charge in [-0.3, -0.25) is 0 Å². The molecule has 0 aliphatic carbocycles. The van der Waals surface area contributed by atoms with Crippen molar-refractivity contribution in [3.8, 4) is 6.07 Å². The molecule has 0 aliphatic rings. The van der Waals surface area contributed by atoms with Gasteiger partial charge in [-0.2, -0.15) is 5.26 Å². The standard InChI is InChI=1S/C15H14FN3/c1-19(14-5-2-11(9-17)3-6-14)10-12-8-13(16)4-7-15(12)18/h2-8H,10,18H2,1H3. The smallest absolute Gasteiger partial charge is 0.123 e. The fourth-order valence-electron chi connectivity index (χ4n) is 1.85. The molecule has 0 saturated heterocycles. The Kier molecular flexibility index (Phi) is 3.67. The molecule has 0 fully saturated rings. The van der Waals surface area contributed by atoms with Crippen molar-refractivity contribution in [2.75, 3.05) is 17.7 Å². The molecule has 2 N–H and O–H groups in total. The summed E-state index contributed by atoms with van der Waals surface area (Å²) in [6.07, 6.45) is 0. The Morgan fingerprint density at radius 2 is 1.89 bits per heavy atom. The highest BCUT2D eigenvalue weighted by Gasteiger charge is 2.06. The van der Waals surface area contributed by atoms with Crippen LogP contribution < -0.4 is 10.6 Å². The minimum absolute atomic E-state index is 0.294. The number of hydrogen-bond donors (Lipinski definition) is 1. The molecule has 0 atom stereocenters. The predicted octanol–water partition coefficient (Wildman–Crippen LogP) is 2.92. The zero-order valence-electron chi connectivity index (χ0n) is 10.6. The lowest BCUT2D eigenvalue weighted by Gasteiger charge is -2.20. The summed E-state index contributed by atoms with van der Waals surface area (Å²) in [6.45, 7) is 0.509. The van der Waals surface area contributed by atoms with Crippen molar-refractivity contribution in [2.45, 2.75) is 6.54 Å². The van der Waals surface area contributed by atoms with Gasteiger partial charge in [0.05, 0.1) is 11.6 Å². The number of halogens is 1. The summed E-state index contributed by atoms with van der Waals surface area (Å²) >= 11 is 0. The molecule has 0 saturated carbocycles. The van der Waals surface area contributed by atoms with Crippen molar-refractivity contribution in [1.29, 1.82) is 5.26 Å². The molecule has 4 heteroatoms. The van der Waals surface area contributed by atoms with Gasteiger partial charge in [-0.15, -0.1) is 0 Å². The van der Waals surface area contributed by atoms with Crippen LogP contribution in [-0.4, -0.2) is 7.05 Å². The van der Waals surface area contributed by atoms with Gasteiger partial charge in [0, 0.05) is 25.0 Å². The Balaban J connectivity index is 2.18. The Bertz CT molecular complexity index is 614. The van der Waals surface area contributed by atoms with Gasteiger partial charge in [0.15, 0.2) is 0 Å². The lowest BCUT2D eigenvalue weighted by molar-refractivity contribution is 0.625. The zero-order chi connectivity index (χ0) is 13.8. The number of benzene rings is 2. The predicted molar refractivity (Wildman–Crippen MR) is 74.1 cm³/mol. The molecule has 0 unspecified atom stereocenters. The molecule has 96 valence electrons. The summed E-state index contributed by atoms with van der Waals surface area (Å²) in [5.74, 6) is -0.294. The normalized spacial score (nSPS) is 9.95. The molecule has 19 heavy (non-hydrogen) atoms. The van der Waals surface area contributed by atoms with Crippen LogP contribution in [-0.2, 0) is 6.54 Å². The average Bonchev–Trinajstić information content (AvgIpc) is 2.43. The molecule has 0 radical (unpaired) electrons. The second kappa shape index (κ2) is 5.40. The lowest BCUT2D eigenvalue weighted by Crippen LogP contribution is -2.17. The summed E-state index contributed by atoms with van der Waals surface area (Å²) in [7, 11) is 1.89. The third-order valence-corrected chi connectivity index (χ3v) is 2.95. The average molecular weight is 255 g/mol. The van der Waals surface area contributed by atoms with E-state index < -0.39 is 0 Å². The number of nitrogen functional groups attached to an aromatic ring is 1. The molecule has 0 bridgehead atoms. The fourth-order valence-corrected chi connectivity index (χ4v) is 1.85. The van der Waals surface area contributed by atoms with E-state index in [0.717, 1.165) is 11.3 Å². The van der Waals surface area contributed by atoms with Crippen LogP contribution in [0.5, 0.6) is 0 Å². The molecule has 2 aromatic carbocycles. The number of anilines is 2. The third-order valence-electron chi connectivity index (χ3n) is 2.95. The van der Waals surface area contributed by atoms with Crippen LogP contribution >= 0.6 is 0 Å². The van der Waals surface area contributed by atoms with Crippen LogP contribution in [0.4, 0.5) is 15.8 Å². The molecule has 0 aromatic heterocycles. The first-order valence-corrected chi connectivity index (χ1v) is 5.85. The van der Waals surface area contributed by atoms with E-state index in [-0.39, 0.29) is 5.82 Å². The number of hydrogen-bond acceptors (Lipinski definition) is 3. The van der Waals surface area contributed by atoms with E-state index in [2.05, 4.69) is 6.07 Å². The van der Waals surface area contributed by atoms with Crippen LogP contribution in [0.3, 0.4) is 0 Å². The van der Waals surface area contributed by atoms with Crippen molar-refractivity contribution in [3.63, 3.8) is 0 Å². The molecule has 2 aromatic rings. The maximum atomic E-state index is 13.2. The quantitative estimate of drug-likeness (QED) is 0.858. The summed E-state index contributed by atoms with van der Waals surface area (Å²) in [6, 6.07) is 13.6. The van der Waals surface area contributed by atoms with Gasteiger partial charge in [-0.25, -0.2) is 4.39 Å². The van der Waals surface area contributed by atoms with Crippen molar-refractivity contribution in [3.05, 3.63) is 59.4 Å². The minimum Gasteiger partial charge on any atom is -0.398 e. The van der Waals surface area contributed by atoms with Crippen LogP contribution in [0, 0.1) is 17.1 Å². The number of nitrogens with zero attached hydrogens (tertiary/aromatic N) is 2. The number of rotatable bonds is 3. The maximum absolute atomic E-state index is 13.2. The van der Waals surface area contributed by atoms with Gasteiger partial charge in [0.2, 0.25) is 0 Å². The van der Waals surface area contributed by atoms with Crippen molar-refractivity contribution in [1.82, 2.24) is 0 Å². The van der Waals surface area contributed by atoms with Gasteiger partial charge in [0.1, 0.15) is 5.82 Å². The first kappa shape index (κ1) is 12.9. The van der Waals surface area contributed by atoms with E-state index in [1.807, 2.05) is 24.1 Å². The molecular weight excluding hydrogens is 241 g/mol. The zero-order valence-corrected chi connectivity index (χ0v) is 10.6. The largest absolute Gasteiger partial charge is 0.398 e. The number of nitrogens with two attached hydrogens (primary N) is 1. The Morgan fingerprint density at radius 1 is 1.21 bits per heavy atom. The second-order valence-electron chi connectivity index (χ2n) is 4.36. The van der Waals surface area contributed by atoms with Gasteiger partial charge in [-0.1, -0.05) is 0 Å². The first-order chi connectivity index (χ1) is 9.10. The van der Waals surface area contributed by atoms with Gasteiger partial charge < -0.3 is 10.6 Å². The van der Waals surface area contributed by atoms with Gasteiger partial charge >= 0.3 is 0 Å². The monoisotopic (exact) mass is 255 g/mol. The van der Waals surface area contributed by atoms with Crippen molar-refractivity contribution >= 4 is 11.4 Å². The minimum atomic E-state index is -0.294. The third kappa shape index (κ3) is 3.02. The molecule has 3 nitrogen and oxygen atoms in total. The maximum Gasteiger partial charge on any atom is 0.123 e. The molecule has 0 aliphatic heterocycles. The van der Waals surface area contributed by atoms with Gasteiger partial charge in [0.25, 0.3) is 0 Å². The van der Waals surface area contributed by atoms with Crippen molar-refractivity contribution < 1.29 is 4.39 Å². The Morgan fingerprint density at radius 3 is 2.53 bits per heavy atom. The van der Waals surface area contributed by atoms with E-state index in [0.29, 0.717) is 17.8 Å². The molecule has 0 amide bonds. The molecule has 0 heterocycles. The van der Waals surface area contributed by atoms with E-state index in [1.54, 1.807) is 18.2 Å². The lowest BCUT2D eigenvalue weighted by atomic mass is 10.1. The fraction of sp³-hybridized carbons (Fsp3) is 0.133. The van der Waals surface area contributed by atoms with Crippen LogP contribution in [0.25, 0.3) is 0 Å². The van der Waals surface area contributed by atoms with E-state index in [4.69, 9.17) is 11.0 Å². The summed E-state index contributed by atoms with van der Waals surface area (Å²) in [5, 5.41) is 8.75. The Hall–Kier alpha value is -2.54. The highest BCUT2D eigenvalue weighted by Crippen LogP contribution is 2.20. The van der Waals surface area contributed by atoms with E-state index in [9.17, 15) is 4.39 Å². The van der Waals surface area contributed by atoms with Crippen LogP contribution in [0.15, 0.2) is 42.5 Å². The van der Waals surface area contributed by atoms with E-state index in [1.165, 1.54) is 12.1 Å².